The van der Waals surface area contributed by atoms with Gasteiger partial charge in [0.05, 0.1) is 6.04 Å². The summed E-state index contributed by atoms with van der Waals surface area (Å²) in [7, 11) is 0. The van der Waals surface area contributed by atoms with Gasteiger partial charge in [-0.25, -0.2) is 8.78 Å². The van der Waals surface area contributed by atoms with Gasteiger partial charge in [0.15, 0.2) is 0 Å². The third-order valence-electron chi connectivity index (χ3n) is 3.51. The SMILES string of the molecule is CC(NC1CCCCC1(F)F)c1ccccc1. The molecule has 1 aliphatic carbocycles. The summed E-state index contributed by atoms with van der Waals surface area (Å²) in [5.74, 6) is -2.55. The van der Waals surface area contributed by atoms with E-state index in [-0.39, 0.29) is 12.5 Å². The molecule has 3 heteroatoms. The van der Waals surface area contributed by atoms with E-state index in [1.54, 1.807) is 0 Å². The molecular formula is C14H19F2N. The Kier molecular flexibility index (Phi) is 3.77. The summed E-state index contributed by atoms with van der Waals surface area (Å²) in [5.41, 5.74) is 1.06. The predicted octanol–water partition coefficient (Wildman–Crippen LogP) is 3.92. The van der Waals surface area contributed by atoms with Crippen molar-refractivity contribution in [2.45, 2.75) is 50.6 Å². The van der Waals surface area contributed by atoms with Gasteiger partial charge in [0.25, 0.3) is 5.92 Å². The zero-order valence-electron chi connectivity index (χ0n) is 10.1. The summed E-state index contributed by atoms with van der Waals surface area (Å²) >= 11 is 0. The number of nitrogens with one attached hydrogen (secondary N) is 1. The van der Waals surface area contributed by atoms with Crippen molar-refractivity contribution < 1.29 is 8.78 Å². The highest BCUT2D eigenvalue weighted by Gasteiger charge is 2.41. The van der Waals surface area contributed by atoms with Crippen LogP contribution in [0.15, 0.2) is 30.3 Å². The molecular weight excluding hydrogens is 220 g/mol. The molecule has 0 spiro atoms. The van der Waals surface area contributed by atoms with E-state index in [0.29, 0.717) is 12.8 Å². The Morgan fingerprint density at radius 1 is 1.24 bits per heavy atom. The fraction of sp³-hybridized carbons (Fsp3) is 0.571. The number of halogens is 2. The van der Waals surface area contributed by atoms with Crippen LogP contribution in [0.3, 0.4) is 0 Å². The van der Waals surface area contributed by atoms with Gasteiger partial charge < -0.3 is 5.32 Å². The third kappa shape index (κ3) is 3.03. The van der Waals surface area contributed by atoms with Crippen LogP contribution in [0.1, 0.15) is 44.2 Å². The van der Waals surface area contributed by atoms with Gasteiger partial charge in [-0.05, 0) is 25.3 Å². The van der Waals surface area contributed by atoms with Gasteiger partial charge in [-0.15, -0.1) is 0 Å². The van der Waals surface area contributed by atoms with E-state index < -0.39 is 12.0 Å². The lowest BCUT2D eigenvalue weighted by Gasteiger charge is -2.34. The summed E-state index contributed by atoms with van der Waals surface area (Å²) in [5, 5.41) is 3.08. The quantitative estimate of drug-likeness (QED) is 0.843. The summed E-state index contributed by atoms with van der Waals surface area (Å²) in [6.07, 6.45) is 2.13. The minimum atomic E-state index is -2.55. The maximum absolute atomic E-state index is 13.7. The number of rotatable bonds is 3. The zero-order chi connectivity index (χ0) is 12.3. The lowest BCUT2D eigenvalue weighted by atomic mass is 9.90. The van der Waals surface area contributed by atoms with Gasteiger partial charge in [0.1, 0.15) is 0 Å². The molecule has 1 saturated carbocycles. The van der Waals surface area contributed by atoms with Crippen molar-refractivity contribution in [2.75, 3.05) is 0 Å². The average Bonchev–Trinajstić information content (AvgIpc) is 2.33. The van der Waals surface area contributed by atoms with Crippen LogP contribution in [-0.2, 0) is 0 Å². The molecule has 0 aromatic heterocycles. The number of alkyl halides is 2. The minimum absolute atomic E-state index is 0.0200. The topological polar surface area (TPSA) is 12.0 Å². The van der Waals surface area contributed by atoms with E-state index in [1.165, 1.54) is 0 Å². The van der Waals surface area contributed by atoms with Crippen molar-refractivity contribution in [3.05, 3.63) is 35.9 Å². The second-order valence-electron chi connectivity index (χ2n) is 4.86. The Labute approximate surface area is 101 Å². The molecule has 1 N–H and O–H groups in total. The third-order valence-corrected chi connectivity index (χ3v) is 3.51. The number of benzene rings is 1. The van der Waals surface area contributed by atoms with Gasteiger partial charge in [-0.1, -0.05) is 36.8 Å². The molecule has 1 nitrogen and oxygen atoms in total. The van der Waals surface area contributed by atoms with Gasteiger partial charge in [-0.2, -0.15) is 0 Å². The molecule has 2 unspecified atom stereocenters. The van der Waals surface area contributed by atoms with Crippen LogP contribution in [0.4, 0.5) is 8.78 Å². The van der Waals surface area contributed by atoms with Crippen molar-refractivity contribution >= 4 is 0 Å². The molecule has 0 radical (unpaired) electrons. The number of hydrogen-bond acceptors (Lipinski definition) is 1. The Bertz CT molecular complexity index is 350. The van der Waals surface area contributed by atoms with E-state index in [0.717, 1.165) is 12.0 Å². The maximum Gasteiger partial charge on any atom is 0.263 e. The molecule has 2 atom stereocenters. The second-order valence-corrected chi connectivity index (χ2v) is 4.86. The van der Waals surface area contributed by atoms with Gasteiger partial charge in [-0.3, -0.25) is 0 Å². The average molecular weight is 239 g/mol. The van der Waals surface area contributed by atoms with Crippen LogP contribution in [0.25, 0.3) is 0 Å². The first-order valence-corrected chi connectivity index (χ1v) is 6.28. The molecule has 17 heavy (non-hydrogen) atoms. The molecule has 94 valence electrons. The van der Waals surface area contributed by atoms with Gasteiger partial charge in [0, 0.05) is 12.5 Å². The Hall–Kier alpha value is -0.960. The van der Waals surface area contributed by atoms with Crippen molar-refractivity contribution in [3.63, 3.8) is 0 Å². The molecule has 0 aliphatic heterocycles. The van der Waals surface area contributed by atoms with E-state index in [2.05, 4.69) is 5.32 Å². The van der Waals surface area contributed by atoms with E-state index in [4.69, 9.17) is 0 Å². The van der Waals surface area contributed by atoms with E-state index >= 15 is 0 Å². The largest absolute Gasteiger partial charge is 0.302 e. The molecule has 1 aliphatic rings. The first-order chi connectivity index (χ1) is 8.09. The molecule has 1 fully saturated rings. The van der Waals surface area contributed by atoms with Crippen LogP contribution in [0.2, 0.25) is 0 Å². The molecule has 1 aromatic carbocycles. The fourth-order valence-corrected chi connectivity index (χ4v) is 2.44. The summed E-state index contributed by atoms with van der Waals surface area (Å²) < 4.78 is 27.4. The highest BCUT2D eigenvalue weighted by atomic mass is 19.3. The smallest absolute Gasteiger partial charge is 0.263 e. The monoisotopic (exact) mass is 239 g/mol. The van der Waals surface area contributed by atoms with Crippen LogP contribution in [0, 0.1) is 0 Å². The number of hydrogen-bond donors (Lipinski definition) is 1. The predicted molar refractivity (Wildman–Crippen MR) is 65.2 cm³/mol. The van der Waals surface area contributed by atoms with E-state index in [9.17, 15) is 8.78 Å². The second kappa shape index (κ2) is 5.13. The first-order valence-electron chi connectivity index (χ1n) is 6.28. The van der Waals surface area contributed by atoms with Crippen LogP contribution in [-0.4, -0.2) is 12.0 Å². The van der Waals surface area contributed by atoms with E-state index in [1.807, 2.05) is 37.3 Å². The summed E-state index contributed by atoms with van der Waals surface area (Å²) in [6.45, 7) is 1.94. The molecule has 0 bridgehead atoms. The molecule has 2 rings (SSSR count). The Morgan fingerprint density at radius 3 is 2.59 bits per heavy atom. The van der Waals surface area contributed by atoms with Crippen molar-refractivity contribution in [2.24, 2.45) is 0 Å². The van der Waals surface area contributed by atoms with Crippen molar-refractivity contribution in [1.82, 2.24) is 5.32 Å². The van der Waals surface area contributed by atoms with Crippen LogP contribution in [0.5, 0.6) is 0 Å². The Morgan fingerprint density at radius 2 is 1.94 bits per heavy atom. The van der Waals surface area contributed by atoms with Crippen LogP contribution >= 0.6 is 0 Å². The van der Waals surface area contributed by atoms with Gasteiger partial charge >= 0.3 is 0 Å². The molecule has 0 saturated heterocycles. The molecule has 1 aromatic rings. The lowest BCUT2D eigenvalue weighted by Crippen LogP contribution is -2.47. The highest BCUT2D eigenvalue weighted by molar-refractivity contribution is 5.18. The lowest BCUT2D eigenvalue weighted by molar-refractivity contribution is -0.0663. The standard InChI is InChI=1S/C14H19F2N/c1-11(12-7-3-2-4-8-12)17-13-9-5-6-10-14(13,15)16/h2-4,7-8,11,13,17H,5-6,9-10H2,1H3. The van der Waals surface area contributed by atoms with Crippen molar-refractivity contribution in [1.29, 1.82) is 0 Å². The molecule has 0 amide bonds. The van der Waals surface area contributed by atoms with Gasteiger partial charge in [0.2, 0.25) is 0 Å². The normalized spacial score (nSPS) is 25.5. The van der Waals surface area contributed by atoms with Crippen LogP contribution < -0.4 is 5.32 Å². The zero-order valence-corrected chi connectivity index (χ0v) is 10.1. The summed E-state index contributed by atoms with van der Waals surface area (Å²) in [4.78, 5) is 0. The minimum Gasteiger partial charge on any atom is -0.302 e. The Balaban J connectivity index is 2.00. The maximum atomic E-state index is 13.7. The highest BCUT2D eigenvalue weighted by Crippen LogP contribution is 2.34. The molecule has 0 heterocycles. The summed E-state index contributed by atoms with van der Waals surface area (Å²) in [6, 6.07) is 9.05. The van der Waals surface area contributed by atoms with Crippen molar-refractivity contribution in [3.8, 4) is 0 Å². The first kappa shape index (κ1) is 12.5. The fourth-order valence-electron chi connectivity index (χ4n) is 2.44.